The van der Waals surface area contributed by atoms with E-state index in [1.807, 2.05) is 0 Å². The Morgan fingerprint density at radius 1 is 0.828 bits per heavy atom. The second kappa shape index (κ2) is 7.46. The van der Waals surface area contributed by atoms with Gasteiger partial charge in [-0.3, -0.25) is 4.79 Å². The fraction of sp³-hybridized carbons (Fsp3) is 0.929. The van der Waals surface area contributed by atoms with Gasteiger partial charge in [0.05, 0.1) is 5.25 Å². The van der Waals surface area contributed by atoms with Crippen molar-refractivity contribution in [1.29, 1.82) is 0 Å². The van der Waals surface area contributed by atoms with Crippen LogP contribution in [0.5, 0.6) is 0 Å². The van der Waals surface area contributed by atoms with Gasteiger partial charge in [-0.25, -0.2) is 3.63 Å². The number of rotatable bonds is 6. The predicted molar refractivity (Wildman–Crippen MR) is 84.7 cm³/mol. The highest BCUT2D eigenvalue weighted by atomic mass is 32.3. The third-order valence-corrected chi connectivity index (χ3v) is 11.1. The molecule has 0 aromatic rings. The lowest BCUT2D eigenvalue weighted by Gasteiger charge is -2.43. The van der Waals surface area contributed by atoms with Gasteiger partial charge in [-0.15, -0.1) is 10.3 Å². The summed E-state index contributed by atoms with van der Waals surface area (Å²) in [4.78, 5) is 12.2. The number of Topliss-reactive ketones (excluding diaryl/α,β-unsaturated/α-hetero) is 1. The molecule has 2 aliphatic rings. The van der Waals surface area contributed by atoms with E-state index in [0.29, 0.717) is 12.8 Å². The Morgan fingerprint density at radius 2 is 1.34 bits per heavy atom. The number of hydrogen-bond acceptors (Lipinski definition) is 4. The molecule has 1 unspecified atom stereocenters. The Morgan fingerprint density at radius 3 is 1.79 bits per heavy atom. The number of carbonyl (C=O) groups is 1. The first-order chi connectivity index (χ1) is 12.9. The molecule has 0 bridgehead atoms. The van der Waals surface area contributed by atoms with E-state index in [1.54, 1.807) is 0 Å². The third-order valence-electron chi connectivity index (χ3n) is 4.90. The summed E-state index contributed by atoms with van der Waals surface area (Å²) in [5.41, 5.74) is 0. The average Bonchev–Trinajstić information content (AvgIpc) is 3.02. The van der Waals surface area contributed by atoms with E-state index >= 15 is 0 Å². The molecule has 2 rings (SSSR count). The van der Waals surface area contributed by atoms with Gasteiger partial charge in [-0.05, 0) is 25.7 Å². The lowest BCUT2D eigenvalue weighted by molar-refractivity contribution is -0.382. The topological polar surface area (TPSA) is 60.4 Å². The van der Waals surface area contributed by atoms with Gasteiger partial charge in [-0.1, -0.05) is 6.42 Å². The Bertz CT molecular complexity index is 743. The summed E-state index contributed by atoms with van der Waals surface area (Å²) in [5.74, 6) is -15.7. The number of halogens is 9. The van der Waals surface area contributed by atoms with Crippen molar-refractivity contribution >= 4 is 26.2 Å². The van der Waals surface area contributed by atoms with E-state index in [-0.39, 0.29) is 37.2 Å². The Balaban J connectivity index is 2.45. The Hall–Kier alpha value is -0.700. The Kier molecular flexibility index (Phi) is 6.32. The maximum Gasteiger partial charge on any atom is 0.460 e. The molecule has 0 aromatic heterocycles. The molecular weight excluding hydrogens is 467 g/mol. The number of alkyl halides is 9. The van der Waals surface area contributed by atoms with Crippen LogP contribution in [0.15, 0.2) is 0 Å². The van der Waals surface area contributed by atoms with Crippen LogP contribution in [0.1, 0.15) is 38.5 Å². The lowest BCUT2D eigenvalue weighted by Crippen LogP contribution is -2.63. The quantitative estimate of drug-likeness (QED) is 0.509. The molecule has 0 radical (unpaired) electrons. The van der Waals surface area contributed by atoms with Crippen molar-refractivity contribution in [2.75, 3.05) is 11.5 Å². The van der Waals surface area contributed by atoms with Crippen LogP contribution in [0, 0.1) is 0 Å². The summed E-state index contributed by atoms with van der Waals surface area (Å²) in [5, 5.41) is -8.07. The molecule has 15 heteroatoms. The van der Waals surface area contributed by atoms with E-state index in [1.165, 1.54) is 0 Å². The van der Waals surface area contributed by atoms with E-state index in [2.05, 4.69) is 3.63 Å². The van der Waals surface area contributed by atoms with E-state index in [4.69, 9.17) is 0 Å². The van der Waals surface area contributed by atoms with Crippen LogP contribution in [0.25, 0.3) is 0 Å². The number of carbonyl (C=O) groups excluding carboxylic acids is 1. The molecular formula is C14H17F9O4S2. The molecule has 1 heterocycles. The molecule has 0 spiro atoms. The van der Waals surface area contributed by atoms with Crippen molar-refractivity contribution in [2.45, 2.75) is 67.1 Å². The molecule has 4 nitrogen and oxygen atoms in total. The standard InChI is InChI=1S/C14H17F9O4S2/c15-11(16,13(19,20)21)12(17,18)14(22,23)29(25,26)27-28(7-3-4-8-28)10-6-2-1-5-9(10)24/h10H,1-8H2. The largest absolute Gasteiger partial charge is 0.460 e. The fourth-order valence-electron chi connectivity index (χ4n) is 3.34. The molecule has 1 saturated carbocycles. The first kappa shape index (κ1) is 24.6. The molecule has 1 aliphatic carbocycles. The van der Waals surface area contributed by atoms with Gasteiger partial charge in [0, 0.05) is 17.9 Å². The lowest BCUT2D eigenvalue weighted by atomic mass is 9.99. The maximum atomic E-state index is 14.0. The van der Waals surface area contributed by atoms with E-state index in [0.717, 1.165) is 0 Å². The van der Waals surface area contributed by atoms with Gasteiger partial charge in [0.2, 0.25) is 0 Å². The van der Waals surface area contributed by atoms with Gasteiger partial charge in [0.15, 0.2) is 0 Å². The van der Waals surface area contributed by atoms with Gasteiger partial charge in [-0.2, -0.15) is 47.9 Å². The summed E-state index contributed by atoms with van der Waals surface area (Å²) < 4.78 is 146. The summed E-state index contributed by atoms with van der Waals surface area (Å²) in [6.45, 7) is 0. The zero-order valence-corrected chi connectivity index (χ0v) is 16.2. The Labute approximate surface area is 161 Å². The zero-order chi connectivity index (χ0) is 22.5. The molecule has 0 amide bonds. The fourth-order valence-corrected chi connectivity index (χ4v) is 9.83. The van der Waals surface area contributed by atoms with Crippen molar-refractivity contribution in [3.05, 3.63) is 0 Å². The van der Waals surface area contributed by atoms with E-state index < -0.39 is 54.7 Å². The molecule has 0 N–H and O–H groups in total. The van der Waals surface area contributed by atoms with Crippen molar-refractivity contribution in [3.8, 4) is 0 Å². The minimum Gasteiger partial charge on any atom is -0.298 e. The predicted octanol–water partition coefficient (Wildman–Crippen LogP) is 4.78. The molecule has 1 aliphatic heterocycles. The van der Waals surface area contributed by atoms with Gasteiger partial charge < -0.3 is 0 Å². The molecule has 29 heavy (non-hydrogen) atoms. The highest BCUT2D eigenvalue weighted by Crippen LogP contribution is 2.65. The molecule has 172 valence electrons. The third kappa shape index (κ3) is 3.86. The van der Waals surface area contributed by atoms with Crippen LogP contribution in [0.4, 0.5) is 39.5 Å². The normalized spacial score (nSPS) is 25.8. The van der Waals surface area contributed by atoms with Crippen LogP contribution in [-0.4, -0.2) is 54.2 Å². The van der Waals surface area contributed by atoms with Crippen molar-refractivity contribution < 1.29 is 56.4 Å². The van der Waals surface area contributed by atoms with Crippen molar-refractivity contribution in [2.24, 2.45) is 0 Å². The number of hydrogen-bond donors (Lipinski definition) is 0. The highest BCUT2D eigenvalue weighted by molar-refractivity contribution is 8.34. The van der Waals surface area contributed by atoms with Crippen LogP contribution in [-0.2, 0) is 18.5 Å². The van der Waals surface area contributed by atoms with Crippen molar-refractivity contribution in [3.63, 3.8) is 0 Å². The minimum absolute atomic E-state index is 0.0263. The van der Waals surface area contributed by atoms with Crippen molar-refractivity contribution in [1.82, 2.24) is 0 Å². The SMILES string of the molecule is O=C1CCCCC1S1(OS(=O)(=O)C(F)(F)C(F)(F)C(F)(F)C(F)(F)F)CCCC1. The molecule has 1 saturated heterocycles. The van der Waals surface area contributed by atoms with Gasteiger partial charge >= 0.3 is 33.4 Å². The van der Waals surface area contributed by atoms with Crippen LogP contribution < -0.4 is 0 Å². The van der Waals surface area contributed by atoms with Gasteiger partial charge in [0.25, 0.3) is 0 Å². The summed E-state index contributed by atoms with van der Waals surface area (Å²) in [6.07, 6.45) is -5.90. The smallest absolute Gasteiger partial charge is 0.298 e. The average molecular weight is 484 g/mol. The van der Waals surface area contributed by atoms with Gasteiger partial charge in [0.1, 0.15) is 5.78 Å². The molecule has 0 aromatic carbocycles. The zero-order valence-electron chi connectivity index (χ0n) is 14.6. The highest BCUT2D eigenvalue weighted by Gasteiger charge is 2.86. The number of ketones is 1. The first-order valence-electron chi connectivity index (χ1n) is 8.39. The molecule has 2 fully saturated rings. The van der Waals surface area contributed by atoms with E-state index in [9.17, 15) is 52.7 Å². The summed E-state index contributed by atoms with van der Waals surface area (Å²) in [7, 11) is -10.2. The first-order valence-corrected chi connectivity index (χ1v) is 11.8. The summed E-state index contributed by atoms with van der Waals surface area (Å²) in [6, 6.07) is 0. The second-order valence-corrected chi connectivity index (χ2v) is 12.0. The molecule has 1 atom stereocenters. The van der Waals surface area contributed by atoms with Crippen LogP contribution >= 0.6 is 10.3 Å². The minimum atomic E-state index is -7.35. The second-order valence-electron chi connectivity index (χ2n) is 6.87. The van der Waals surface area contributed by atoms with Crippen LogP contribution in [0.2, 0.25) is 0 Å². The maximum absolute atomic E-state index is 14.0. The summed E-state index contributed by atoms with van der Waals surface area (Å²) >= 11 is 0. The van der Waals surface area contributed by atoms with Crippen LogP contribution in [0.3, 0.4) is 0 Å². The monoisotopic (exact) mass is 484 g/mol.